The molecule has 0 saturated heterocycles. The summed E-state index contributed by atoms with van der Waals surface area (Å²) in [5, 5.41) is 10.1. The fourth-order valence-electron chi connectivity index (χ4n) is 2.72. The second kappa shape index (κ2) is 8.65. The minimum Gasteiger partial charge on any atom is -0.356 e. The van der Waals surface area contributed by atoms with Crippen molar-refractivity contribution in [3.05, 3.63) is 16.1 Å². The van der Waals surface area contributed by atoms with Crippen LogP contribution in [-0.2, 0) is 12.0 Å². The van der Waals surface area contributed by atoms with Crippen molar-refractivity contribution in [2.45, 2.75) is 65.3 Å². The molecule has 0 bridgehead atoms. The molecule has 1 aliphatic carbocycles. The molecule has 0 aliphatic heterocycles. The number of thiazole rings is 1. The SMILES string of the molecule is CCC1(CNC(=NC)NCc2nc(C(C)(C)C)cs2)CCC1.I. The first-order valence-corrected chi connectivity index (χ1v) is 9.16. The van der Waals surface area contributed by atoms with Gasteiger partial charge in [-0.25, -0.2) is 4.98 Å². The number of nitrogens with zero attached hydrogens (tertiary/aromatic N) is 2. The van der Waals surface area contributed by atoms with Gasteiger partial charge in [-0.2, -0.15) is 0 Å². The lowest BCUT2D eigenvalue weighted by atomic mass is 9.67. The highest BCUT2D eigenvalue weighted by Gasteiger charge is 2.34. The van der Waals surface area contributed by atoms with Crippen LogP contribution in [0, 0.1) is 5.41 Å². The van der Waals surface area contributed by atoms with E-state index in [-0.39, 0.29) is 29.4 Å². The van der Waals surface area contributed by atoms with E-state index in [0.717, 1.165) is 29.8 Å². The van der Waals surface area contributed by atoms with E-state index in [4.69, 9.17) is 4.98 Å². The molecule has 23 heavy (non-hydrogen) atoms. The van der Waals surface area contributed by atoms with Gasteiger partial charge in [-0.15, -0.1) is 35.3 Å². The predicted molar refractivity (Wildman–Crippen MR) is 111 cm³/mol. The van der Waals surface area contributed by atoms with Crippen LogP contribution in [0.25, 0.3) is 0 Å². The lowest BCUT2D eigenvalue weighted by Crippen LogP contribution is -2.46. The normalized spacial score (nSPS) is 17.2. The van der Waals surface area contributed by atoms with Crippen LogP contribution in [0.4, 0.5) is 0 Å². The summed E-state index contributed by atoms with van der Waals surface area (Å²) < 4.78 is 0. The lowest BCUT2D eigenvalue weighted by molar-refractivity contribution is 0.131. The number of halogens is 1. The Morgan fingerprint density at radius 3 is 2.48 bits per heavy atom. The summed E-state index contributed by atoms with van der Waals surface area (Å²) in [6.45, 7) is 10.6. The summed E-state index contributed by atoms with van der Waals surface area (Å²) in [4.78, 5) is 9.04. The lowest BCUT2D eigenvalue weighted by Gasteiger charge is -2.41. The first kappa shape index (κ1) is 20.7. The number of aromatic nitrogens is 1. The maximum Gasteiger partial charge on any atom is 0.191 e. The van der Waals surface area contributed by atoms with E-state index in [0.29, 0.717) is 5.41 Å². The molecular formula is C17H31IN4S. The van der Waals surface area contributed by atoms with E-state index in [2.05, 4.69) is 48.7 Å². The molecule has 6 heteroatoms. The van der Waals surface area contributed by atoms with Crippen molar-refractivity contribution in [1.29, 1.82) is 0 Å². The Morgan fingerprint density at radius 2 is 2.04 bits per heavy atom. The summed E-state index contributed by atoms with van der Waals surface area (Å²) in [7, 11) is 1.83. The van der Waals surface area contributed by atoms with Crippen LogP contribution in [0.15, 0.2) is 10.4 Å². The van der Waals surface area contributed by atoms with Crippen molar-refractivity contribution in [3.8, 4) is 0 Å². The van der Waals surface area contributed by atoms with Crippen LogP contribution in [0.2, 0.25) is 0 Å². The van der Waals surface area contributed by atoms with E-state index in [1.165, 1.54) is 25.7 Å². The van der Waals surface area contributed by atoms with Gasteiger partial charge < -0.3 is 10.6 Å². The van der Waals surface area contributed by atoms with E-state index in [1.54, 1.807) is 11.3 Å². The molecule has 0 aromatic carbocycles. The largest absolute Gasteiger partial charge is 0.356 e. The van der Waals surface area contributed by atoms with Crippen LogP contribution in [-0.4, -0.2) is 24.5 Å². The molecule has 1 aliphatic rings. The summed E-state index contributed by atoms with van der Waals surface area (Å²) in [5.74, 6) is 0.882. The van der Waals surface area contributed by atoms with Crippen LogP contribution < -0.4 is 10.6 Å². The molecule has 1 aromatic heterocycles. The number of nitrogens with one attached hydrogen (secondary N) is 2. The van der Waals surface area contributed by atoms with Gasteiger partial charge in [0.2, 0.25) is 0 Å². The minimum absolute atomic E-state index is 0. The Bertz CT molecular complexity index is 509. The Balaban J connectivity index is 0.00000264. The average molecular weight is 450 g/mol. The fraction of sp³-hybridized carbons (Fsp3) is 0.765. The van der Waals surface area contributed by atoms with Gasteiger partial charge in [-0.05, 0) is 24.7 Å². The summed E-state index contributed by atoms with van der Waals surface area (Å²) in [6, 6.07) is 0. The molecule has 2 rings (SSSR count). The highest BCUT2D eigenvalue weighted by molar-refractivity contribution is 14.0. The zero-order valence-electron chi connectivity index (χ0n) is 15.0. The van der Waals surface area contributed by atoms with Gasteiger partial charge in [0.25, 0.3) is 0 Å². The zero-order chi connectivity index (χ0) is 16.2. The van der Waals surface area contributed by atoms with Crippen molar-refractivity contribution >= 4 is 41.3 Å². The Hall–Kier alpha value is -0.370. The van der Waals surface area contributed by atoms with Gasteiger partial charge in [-0.3, -0.25) is 4.99 Å². The molecule has 1 heterocycles. The topological polar surface area (TPSA) is 49.3 Å². The van der Waals surface area contributed by atoms with Crippen LogP contribution in [0.5, 0.6) is 0 Å². The van der Waals surface area contributed by atoms with Crippen LogP contribution in [0.3, 0.4) is 0 Å². The molecule has 0 amide bonds. The van der Waals surface area contributed by atoms with Crippen molar-refractivity contribution in [3.63, 3.8) is 0 Å². The highest BCUT2D eigenvalue weighted by atomic mass is 127. The molecule has 0 radical (unpaired) electrons. The smallest absolute Gasteiger partial charge is 0.191 e. The Kier molecular flexibility index (Phi) is 7.77. The average Bonchev–Trinajstić information content (AvgIpc) is 2.90. The molecule has 2 N–H and O–H groups in total. The third kappa shape index (κ3) is 5.59. The molecule has 1 saturated carbocycles. The van der Waals surface area contributed by atoms with E-state index in [1.807, 2.05) is 7.05 Å². The molecule has 132 valence electrons. The third-order valence-corrected chi connectivity index (χ3v) is 5.59. The number of hydrogen-bond donors (Lipinski definition) is 2. The first-order valence-electron chi connectivity index (χ1n) is 8.28. The first-order chi connectivity index (χ1) is 10.4. The van der Waals surface area contributed by atoms with Gasteiger partial charge in [0, 0.05) is 24.4 Å². The quantitative estimate of drug-likeness (QED) is 0.400. The number of hydrogen-bond acceptors (Lipinski definition) is 3. The maximum absolute atomic E-state index is 4.71. The van der Waals surface area contributed by atoms with E-state index >= 15 is 0 Å². The summed E-state index contributed by atoms with van der Waals surface area (Å²) >= 11 is 1.72. The van der Waals surface area contributed by atoms with Crippen molar-refractivity contribution in [2.75, 3.05) is 13.6 Å². The second-order valence-electron chi connectivity index (χ2n) is 7.36. The van der Waals surface area contributed by atoms with Crippen molar-refractivity contribution < 1.29 is 0 Å². The second-order valence-corrected chi connectivity index (χ2v) is 8.31. The van der Waals surface area contributed by atoms with Crippen molar-refractivity contribution in [1.82, 2.24) is 15.6 Å². The van der Waals surface area contributed by atoms with Gasteiger partial charge in [0.05, 0.1) is 12.2 Å². The van der Waals surface area contributed by atoms with E-state index in [9.17, 15) is 0 Å². The molecule has 1 aromatic rings. The Labute approximate surface area is 162 Å². The number of aliphatic imine (C=N–C) groups is 1. The van der Waals surface area contributed by atoms with Crippen LogP contribution >= 0.6 is 35.3 Å². The molecule has 0 atom stereocenters. The molecule has 4 nitrogen and oxygen atoms in total. The monoisotopic (exact) mass is 450 g/mol. The van der Waals surface area contributed by atoms with Gasteiger partial charge in [0.15, 0.2) is 5.96 Å². The fourth-order valence-corrected chi connectivity index (χ4v) is 3.68. The van der Waals surface area contributed by atoms with Gasteiger partial charge in [0.1, 0.15) is 5.01 Å². The van der Waals surface area contributed by atoms with Crippen molar-refractivity contribution in [2.24, 2.45) is 10.4 Å². The number of guanidine groups is 1. The van der Waals surface area contributed by atoms with Gasteiger partial charge >= 0.3 is 0 Å². The minimum atomic E-state index is 0. The van der Waals surface area contributed by atoms with Crippen LogP contribution in [0.1, 0.15) is 64.1 Å². The Morgan fingerprint density at radius 1 is 1.35 bits per heavy atom. The summed E-state index contributed by atoms with van der Waals surface area (Å²) in [6.07, 6.45) is 5.30. The van der Waals surface area contributed by atoms with E-state index < -0.39 is 0 Å². The highest BCUT2D eigenvalue weighted by Crippen LogP contribution is 2.42. The number of rotatable bonds is 5. The molecule has 0 spiro atoms. The standard InChI is InChI=1S/C17H30N4S.HI/c1-6-17(8-7-9-17)12-20-15(18-5)19-10-14-21-13(11-22-14)16(2,3)4;/h11H,6-10,12H2,1-5H3,(H2,18,19,20);1H. The molecular weight excluding hydrogens is 419 g/mol. The predicted octanol–water partition coefficient (Wildman–Crippen LogP) is 4.30. The molecule has 0 unspecified atom stereocenters. The van der Waals surface area contributed by atoms with Gasteiger partial charge in [-0.1, -0.05) is 34.1 Å². The third-order valence-electron chi connectivity index (χ3n) is 4.75. The summed E-state index contributed by atoms with van der Waals surface area (Å²) in [5.41, 5.74) is 1.78. The zero-order valence-corrected chi connectivity index (χ0v) is 18.2. The molecule has 1 fully saturated rings. The maximum atomic E-state index is 4.71.